The number of hydrogen-bond donors (Lipinski definition) is 0. The number of carbonyl (C=O) groups is 1. The van der Waals surface area contributed by atoms with Gasteiger partial charge in [-0.1, -0.05) is 11.6 Å². The van der Waals surface area contributed by atoms with Gasteiger partial charge in [0.05, 0.1) is 12.1 Å². The van der Waals surface area contributed by atoms with Crippen LogP contribution in [0.4, 0.5) is 4.39 Å². The maximum atomic E-state index is 13.6. The predicted molar refractivity (Wildman–Crippen MR) is 54.5 cm³/mol. The molecule has 2 nitrogen and oxygen atoms in total. The van der Waals surface area contributed by atoms with Gasteiger partial charge in [0.15, 0.2) is 5.82 Å². The second-order valence-electron chi connectivity index (χ2n) is 2.43. The van der Waals surface area contributed by atoms with Gasteiger partial charge in [0.1, 0.15) is 5.56 Å². The molecule has 0 bridgehead atoms. The number of thioether (sulfide) groups is 1. The lowest BCUT2D eigenvalue weighted by Crippen LogP contribution is -2.06. The maximum absolute atomic E-state index is 13.6. The number of halogens is 2. The van der Waals surface area contributed by atoms with Gasteiger partial charge < -0.3 is 4.74 Å². The molecule has 1 rings (SSSR count). The predicted octanol–water partition coefficient (Wildman–Crippen LogP) is 2.99. The van der Waals surface area contributed by atoms with Gasteiger partial charge in [-0.05, 0) is 18.4 Å². The minimum atomic E-state index is -0.761. The lowest BCUT2D eigenvalue weighted by Gasteiger charge is -2.06. The van der Waals surface area contributed by atoms with Gasteiger partial charge in [0.25, 0.3) is 0 Å². The third-order valence-corrected chi connectivity index (χ3v) is 2.74. The van der Waals surface area contributed by atoms with Crippen LogP contribution in [0.1, 0.15) is 10.4 Å². The monoisotopic (exact) mass is 234 g/mol. The third-order valence-electron chi connectivity index (χ3n) is 1.67. The Morgan fingerprint density at radius 3 is 2.71 bits per heavy atom. The minimum Gasteiger partial charge on any atom is -0.465 e. The first-order valence-corrected chi connectivity index (χ1v) is 5.32. The van der Waals surface area contributed by atoms with E-state index in [-0.39, 0.29) is 10.6 Å². The van der Waals surface area contributed by atoms with E-state index in [0.29, 0.717) is 4.90 Å². The van der Waals surface area contributed by atoms with Crippen molar-refractivity contribution >= 4 is 29.3 Å². The van der Waals surface area contributed by atoms with E-state index in [1.165, 1.54) is 31.0 Å². The van der Waals surface area contributed by atoms with Gasteiger partial charge >= 0.3 is 5.97 Å². The molecule has 0 unspecified atom stereocenters. The van der Waals surface area contributed by atoms with E-state index in [1.54, 1.807) is 6.26 Å². The quantitative estimate of drug-likeness (QED) is 0.581. The van der Waals surface area contributed by atoms with Crippen LogP contribution in [0.2, 0.25) is 5.02 Å². The fraction of sp³-hybridized carbons (Fsp3) is 0.222. The van der Waals surface area contributed by atoms with Gasteiger partial charge in [-0.25, -0.2) is 9.18 Å². The van der Waals surface area contributed by atoms with E-state index in [9.17, 15) is 9.18 Å². The largest absolute Gasteiger partial charge is 0.465 e. The highest BCUT2D eigenvalue weighted by Crippen LogP contribution is 2.27. The summed E-state index contributed by atoms with van der Waals surface area (Å²) in [7, 11) is 1.18. The van der Waals surface area contributed by atoms with Crippen molar-refractivity contribution in [2.45, 2.75) is 4.90 Å². The summed E-state index contributed by atoms with van der Waals surface area (Å²) in [6, 6.07) is 3.00. The Bertz CT molecular complexity index is 368. The van der Waals surface area contributed by atoms with Gasteiger partial charge in [-0.3, -0.25) is 0 Å². The second-order valence-corrected chi connectivity index (χ2v) is 3.69. The Hall–Kier alpha value is -0.740. The second kappa shape index (κ2) is 4.66. The molecule has 0 aliphatic carbocycles. The topological polar surface area (TPSA) is 26.3 Å². The lowest BCUT2D eigenvalue weighted by molar-refractivity contribution is 0.0595. The molecule has 0 atom stereocenters. The molecule has 0 saturated heterocycles. The number of carbonyl (C=O) groups excluding carboxylic acids is 1. The molecular weight excluding hydrogens is 227 g/mol. The van der Waals surface area contributed by atoms with Crippen LogP contribution >= 0.6 is 23.4 Å². The summed E-state index contributed by atoms with van der Waals surface area (Å²) in [6.07, 6.45) is 1.72. The molecule has 76 valence electrons. The molecule has 0 heterocycles. The molecule has 0 spiro atoms. The van der Waals surface area contributed by atoms with Crippen molar-refractivity contribution in [1.82, 2.24) is 0 Å². The van der Waals surface area contributed by atoms with Crippen molar-refractivity contribution in [1.29, 1.82) is 0 Å². The first-order chi connectivity index (χ1) is 6.61. The molecule has 0 aromatic heterocycles. The molecule has 1 aromatic rings. The molecule has 14 heavy (non-hydrogen) atoms. The Balaban J connectivity index is 3.32. The average Bonchev–Trinajstić information content (AvgIpc) is 2.18. The summed E-state index contributed by atoms with van der Waals surface area (Å²) in [5, 5.41) is 0.0622. The number of rotatable bonds is 2. The van der Waals surface area contributed by atoms with E-state index in [2.05, 4.69) is 4.74 Å². The van der Waals surface area contributed by atoms with Crippen molar-refractivity contribution in [3.8, 4) is 0 Å². The summed E-state index contributed by atoms with van der Waals surface area (Å²) in [4.78, 5) is 11.5. The number of esters is 1. The van der Waals surface area contributed by atoms with Crippen LogP contribution in [0.3, 0.4) is 0 Å². The van der Waals surface area contributed by atoms with Crippen LogP contribution in [0.25, 0.3) is 0 Å². The van der Waals surface area contributed by atoms with E-state index in [1.807, 2.05) is 0 Å². The molecular formula is C9H8ClFO2S. The molecule has 0 aliphatic rings. The maximum Gasteiger partial charge on any atom is 0.342 e. The highest BCUT2D eigenvalue weighted by Gasteiger charge is 2.19. The number of benzene rings is 1. The zero-order valence-electron chi connectivity index (χ0n) is 7.64. The first kappa shape index (κ1) is 11.3. The third kappa shape index (κ3) is 2.01. The SMILES string of the molecule is COC(=O)c1c(Cl)ccc(SC)c1F. The van der Waals surface area contributed by atoms with Crippen molar-refractivity contribution in [2.75, 3.05) is 13.4 Å². The molecule has 0 radical (unpaired) electrons. The van der Waals surface area contributed by atoms with E-state index >= 15 is 0 Å². The van der Waals surface area contributed by atoms with E-state index in [4.69, 9.17) is 11.6 Å². The van der Waals surface area contributed by atoms with Crippen LogP contribution < -0.4 is 0 Å². The summed E-state index contributed by atoms with van der Waals surface area (Å²) in [6.45, 7) is 0. The Morgan fingerprint density at radius 1 is 1.57 bits per heavy atom. The van der Waals surface area contributed by atoms with E-state index < -0.39 is 11.8 Å². The molecule has 0 aliphatic heterocycles. The Labute approximate surface area is 90.4 Å². The molecule has 0 N–H and O–H groups in total. The number of methoxy groups -OCH3 is 1. The Morgan fingerprint density at radius 2 is 2.21 bits per heavy atom. The van der Waals surface area contributed by atoms with Crippen LogP contribution in [0.15, 0.2) is 17.0 Å². The molecule has 0 saturated carbocycles. The number of hydrogen-bond acceptors (Lipinski definition) is 3. The fourth-order valence-corrected chi connectivity index (χ4v) is 1.69. The van der Waals surface area contributed by atoms with Gasteiger partial charge in [-0.15, -0.1) is 11.8 Å². The summed E-state index contributed by atoms with van der Waals surface area (Å²) < 4.78 is 18.0. The van der Waals surface area contributed by atoms with Gasteiger partial charge in [-0.2, -0.15) is 0 Å². The van der Waals surface area contributed by atoms with Crippen molar-refractivity contribution in [2.24, 2.45) is 0 Å². The highest BCUT2D eigenvalue weighted by atomic mass is 35.5. The summed E-state index contributed by atoms with van der Waals surface area (Å²) in [5.74, 6) is -1.39. The van der Waals surface area contributed by atoms with Gasteiger partial charge in [0, 0.05) is 4.90 Å². The smallest absolute Gasteiger partial charge is 0.342 e. The Kier molecular flexibility index (Phi) is 3.77. The molecule has 5 heteroatoms. The van der Waals surface area contributed by atoms with Crippen molar-refractivity contribution in [3.05, 3.63) is 28.5 Å². The highest BCUT2D eigenvalue weighted by molar-refractivity contribution is 7.98. The van der Waals surface area contributed by atoms with Crippen molar-refractivity contribution < 1.29 is 13.9 Å². The molecule has 0 fully saturated rings. The van der Waals surface area contributed by atoms with Crippen LogP contribution in [0.5, 0.6) is 0 Å². The minimum absolute atomic E-state index is 0.0622. The van der Waals surface area contributed by atoms with Crippen LogP contribution in [0, 0.1) is 5.82 Å². The lowest BCUT2D eigenvalue weighted by atomic mass is 10.2. The van der Waals surface area contributed by atoms with Gasteiger partial charge in [0.2, 0.25) is 0 Å². The number of ether oxygens (including phenoxy) is 1. The summed E-state index contributed by atoms with van der Waals surface area (Å²) in [5.41, 5.74) is -0.207. The summed E-state index contributed by atoms with van der Waals surface area (Å²) >= 11 is 6.89. The molecule has 0 amide bonds. The van der Waals surface area contributed by atoms with Crippen LogP contribution in [-0.2, 0) is 4.74 Å². The standard InChI is InChI=1S/C9H8ClFO2S/c1-13-9(12)7-5(10)3-4-6(14-2)8(7)11/h3-4H,1-2H3. The van der Waals surface area contributed by atoms with Crippen molar-refractivity contribution in [3.63, 3.8) is 0 Å². The zero-order chi connectivity index (χ0) is 10.7. The first-order valence-electron chi connectivity index (χ1n) is 3.72. The van der Waals surface area contributed by atoms with E-state index in [0.717, 1.165) is 0 Å². The zero-order valence-corrected chi connectivity index (χ0v) is 9.21. The normalized spacial score (nSPS) is 10.0. The molecule has 1 aromatic carbocycles. The average molecular weight is 235 g/mol. The fourth-order valence-electron chi connectivity index (χ4n) is 0.980. The van der Waals surface area contributed by atoms with Crippen LogP contribution in [-0.4, -0.2) is 19.3 Å².